The molecular formula is C20H26IN3O2S. The van der Waals surface area contributed by atoms with Crippen LogP contribution in [0.5, 0.6) is 11.5 Å². The number of fused-ring (bicyclic) bond motifs is 1. The van der Waals surface area contributed by atoms with Crippen molar-refractivity contribution in [2.45, 2.75) is 32.2 Å². The van der Waals surface area contributed by atoms with E-state index < -0.39 is 0 Å². The largest absolute Gasteiger partial charge is 0.490 e. The smallest absolute Gasteiger partial charge is 0.196 e. The molecule has 4 rings (SSSR count). The zero-order valence-electron chi connectivity index (χ0n) is 15.4. The molecule has 27 heavy (non-hydrogen) atoms. The molecule has 1 aliphatic carbocycles. The van der Waals surface area contributed by atoms with E-state index in [1.807, 2.05) is 18.2 Å². The second kappa shape index (κ2) is 9.64. The highest BCUT2D eigenvalue weighted by Crippen LogP contribution is 2.33. The standard InChI is InChI=1S/C20H25N3O2S.HI/c1-14-12-17(14)23-20(21-8-7-16-4-2-11-26-16)22-15-5-6-18-19(13-15)25-10-3-9-24-18;/h2,4-6,11,13-14,17H,3,7-10,12H2,1H3,(H2,21,22,23);1H. The Labute approximate surface area is 181 Å². The summed E-state index contributed by atoms with van der Waals surface area (Å²) in [5, 5.41) is 9.07. The van der Waals surface area contributed by atoms with E-state index >= 15 is 0 Å². The van der Waals surface area contributed by atoms with Gasteiger partial charge in [-0.2, -0.15) is 0 Å². The lowest BCUT2D eigenvalue weighted by Crippen LogP contribution is -2.33. The summed E-state index contributed by atoms with van der Waals surface area (Å²) in [6, 6.07) is 10.7. The van der Waals surface area contributed by atoms with Crippen molar-refractivity contribution in [3.05, 3.63) is 40.6 Å². The van der Waals surface area contributed by atoms with Gasteiger partial charge in [-0.05, 0) is 35.9 Å². The summed E-state index contributed by atoms with van der Waals surface area (Å²) in [5.74, 6) is 3.16. The van der Waals surface area contributed by atoms with Gasteiger partial charge in [0.2, 0.25) is 0 Å². The van der Waals surface area contributed by atoms with Gasteiger partial charge in [0.1, 0.15) is 0 Å². The highest BCUT2D eigenvalue weighted by molar-refractivity contribution is 14.0. The van der Waals surface area contributed by atoms with E-state index in [9.17, 15) is 0 Å². The molecule has 2 heterocycles. The van der Waals surface area contributed by atoms with Crippen molar-refractivity contribution in [1.29, 1.82) is 0 Å². The zero-order valence-corrected chi connectivity index (χ0v) is 18.6. The Balaban J connectivity index is 0.00000210. The van der Waals surface area contributed by atoms with Gasteiger partial charge >= 0.3 is 0 Å². The van der Waals surface area contributed by atoms with Crippen molar-refractivity contribution >= 4 is 47.0 Å². The Morgan fingerprint density at radius 2 is 2.04 bits per heavy atom. The molecule has 1 saturated carbocycles. The third-order valence-corrected chi connectivity index (χ3v) is 5.59. The predicted octanol–water partition coefficient (Wildman–Crippen LogP) is 4.54. The Hall–Kier alpha value is -1.48. The van der Waals surface area contributed by atoms with Crippen molar-refractivity contribution in [1.82, 2.24) is 5.32 Å². The number of nitrogens with zero attached hydrogens (tertiary/aromatic N) is 1. The van der Waals surface area contributed by atoms with Gasteiger partial charge in [-0.3, -0.25) is 4.99 Å². The Morgan fingerprint density at radius 1 is 1.22 bits per heavy atom. The van der Waals surface area contributed by atoms with Gasteiger partial charge in [0.25, 0.3) is 0 Å². The van der Waals surface area contributed by atoms with Crippen molar-refractivity contribution in [3.8, 4) is 11.5 Å². The van der Waals surface area contributed by atoms with Crippen molar-refractivity contribution < 1.29 is 9.47 Å². The molecule has 0 saturated heterocycles. The van der Waals surface area contributed by atoms with Gasteiger partial charge in [0, 0.05) is 42.1 Å². The molecule has 1 aromatic heterocycles. The molecule has 5 nitrogen and oxygen atoms in total. The number of hydrogen-bond donors (Lipinski definition) is 2. The topological polar surface area (TPSA) is 54.9 Å². The maximum absolute atomic E-state index is 5.79. The van der Waals surface area contributed by atoms with Gasteiger partial charge in [-0.25, -0.2) is 0 Å². The minimum atomic E-state index is 0. The molecule has 2 atom stereocenters. The monoisotopic (exact) mass is 499 g/mol. The number of hydrogen-bond acceptors (Lipinski definition) is 4. The summed E-state index contributed by atoms with van der Waals surface area (Å²) < 4.78 is 11.5. The third-order valence-electron chi connectivity index (χ3n) is 4.65. The van der Waals surface area contributed by atoms with Crippen LogP contribution < -0.4 is 20.1 Å². The Bertz CT molecular complexity index is 767. The Morgan fingerprint density at radius 3 is 2.78 bits per heavy atom. The maximum Gasteiger partial charge on any atom is 0.196 e. The quantitative estimate of drug-likeness (QED) is 0.361. The molecule has 0 bridgehead atoms. The van der Waals surface area contributed by atoms with Crippen LogP contribution in [0.4, 0.5) is 5.69 Å². The summed E-state index contributed by atoms with van der Waals surface area (Å²) in [4.78, 5) is 6.13. The molecule has 2 aliphatic rings. The molecule has 146 valence electrons. The van der Waals surface area contributed by atoms with Gasteiger partial charge in [0.15, 0.2) is 17.5 Å². The van der Waals surface area contributed by atoms with Crippen molar-refractivity contribution in [2.75, 3.05) is 25.1 Å². The first-order chi connectivity index (χ1) is 12.8. The first-order valence-electron chi connectivity index (χ1n) is 9.28. The number of halogens is 1. The van der Waals surface area contributed by atoms with Crippen LogP contribution in [-0.4, -0.2) is 31.8 Å². The normalized spacial score (nSPS) is 21.0. The van der Waals surface area contributed by atoms with Crippen LogP contribution in [0.3, 0.4) is 0 Å². The summed E-state index contributed by atoms with van der Waals surface area (Å²) in [7, 11) is 0. The average Bonchev–Trinajstić information content (AvgIpc) is 3.16. The molecule has 1 aromatic carbocycles. The van der Waals surface area contributed by atoms with E-state index in [1.165, 1.54) is 11.3 Å². The molecule has 2 unspecified atom stereocenters. The van der Waals surface area contributed by atoms with Gasteiger partial charge < -0.3 is 20.1 Å². The van der Waals surface area contributed by atoms with Crippen LogP contribution in [-0.2, 0) is 6.42 Å². The van der Waals surface area contributed by atoms with Gasteiger partial charge in [-0.15, -0.1) is 35.3 Å². The number of nitrogens with one attached hydrogen (secondary N) is 2. The molecule has 2 aromatic rings. The second-order valence-electron chi connectivity index (χ2n) is 6.86. The molecule has 1 fully saturated rings. The molecule has 0 spiro atoms. The zero-order chi connectivity index (χ0) is 17.8. The van der Waals surface area contributed by atoms with E-state index in [0.717, 1.165) is 42.5 Å². The lowest BCUT2D eigenvalue weighted by Gasteiger charge is -2.14. The van der Waals surface area contributed by atoms with Crippen LogP contribution in [0.25, 0.3) is 0 Å². The number of thiophene rings is 1. The van der Waals surface area contributed by atoms with Crippen molar-refractivity contribution in [3.63, 3.8) is 0 Å². The fourth-order valence-corrected chi connectivity index (χ4v) is 3.63. The average molecular weight is 499 g/mol. The third kappa shape index (κ3) is 5.75. The summed E-state index contributed by atoms with van der Waals surface area (Å²) in [6.45, 7) is 4.42. The van der Waals surface area contributed by atoms with Gasteiger partial charge in [-0.1, -0.05) is 13.0 Å². The molecular weight excluding hydrogens is 473 g/mol. The van der Waals surface area contributed by atoms with E-state index in [-0.39, 0.29) is 24.0 Å². The van der Waals surface area contributed by atoms with Crippen LogP contribution in [0.2, 0.25) is 0 Å². The number of rotatable bonds is 5. The van der Waals surface area contributed by atoms with E-state index in [0.29, 0.717) is 25.2 Å². The van der Waals surface area contributed by atoms with Crippen LogP contribution in [0, 0.1) is 5.92 Å². The van der Waals surface area contributed by atoms with E-state index in [4.69, 9.17) is 14.5 Å². The number of guanidine groups is 1. The summed E-state index contributed by atoms with van der Waals surface area (Å²) in [5.41, 5.74) is 0.963. The minimum absolute atomic E-state index is 0. The van der Waals surface area contributed by atoms with Gasteiger partial charge in [0.05, 0.1) is 13.2 Å². The number of aliphatic imine (C=N–C) groups is 1. The van der Waals surface area contributed by atoms with Crippen molar-refractivity contribution in [2.24, 2.45) is 10.9 Å². The van der Waals surface area contributed by atoms with E-state index in [1.54, 1.807) is 11.3 Å². The summed E-state index contributed by atoms with van der Waals surface area (Å²) >= 11 is 1.78. The molecule has 2 N–H and O–H groups in total. The fraction of sp³-hybridized carbons (Fsp3) is 0.450. The lowest BCUT2D eigenvalue weighted by molar-refractivity contribution is 0.297. The highest BCUT2D eigenvalue weighted by atomic mass is 127. The molecule has 1 aliphatic heterocycles. The minimum Gasteiger partial charge on any atom is -0.490 e. The predicted molar refractivity (Wildman–Crippen MR) is 122 cm³/mol. The fourth-order valence-electron chi connectivity index (χ4n) is 2.93. The second-order valence-corrected chi connectivity index (χ2v) is 7.89. The summed E-state index contributed by atoms with van der Waals surface area (Å²) in [6.07, 6.45) is 3.08. The maximum atomic E-state index is 5.79. The molecule has 0 amide bonds. The number of benzene rings is 1. The molecule has 7 heteroatoms. The number of anilines is 1. The highest BCUT2D eigenvalue weighted by Gasteiger charge is 2.33. The molecule has 0 radical (unpaired) electrons. The first-order valence-corrected chi connectivity index (χ1v) is 10.2. The first kappa shape index (κ1) is 20.3. The van der Waals surface area contributed by atoms with Crippen LogP contribution in [0.1, 0.15) is 24.6 Å². The van der Waals surface area contributed by atoms with Crippen LogP contribution >= 0.6 is 35.3 Å². The Kier molecular flexibility index (Phi) is 7.23. The SMILES string of the molecule is CC1CC1NC(=NCCc1cccs1)Nc1ccc2c(c1)OCCCO2.I. The van der Waals surface area contributed by atoms with Crippen LogP contribution in [0.15, 0.2) is 40.7 Å². The van der Waals surface area contributed by atoms with E-state index in [2.05, 4.69) is 35.1 Å². The number of ether oxygens (including phenoxy) is 2. The lowest BCUT2D eigenvalue weighted by atomic mass is 10.2.